The summed E-state index contributed by atoms with van der Waals surface area (Å²) in [6, 6.07) is 11.3. The quantitative estimate of drug-likeness (QED) is 0.450. The Bertz CT molecular complexity index is 1180. The standard InChI is InChI=1S/C22H20N2O5/c1-13-8-17-15(11-27-19(17)9-14(13)2)10-21(25)28-12-20-23-22(24-29-20)16-6-4-5-7-18(16)26-3/h4-9,11H,10,12H2,1-3H3. The third kappa shape index (κ3) is 3.85. The monoisotopic (exact) mass is 392 g/mol. The summed E-state index contributed by atoms with van der Waals surface area (Å²) >= 11 is 0. The first-order chi connectivity index (χ1) is 14.0. The first-order valence-corrected chi connectivity index (χ1v) is 9.14. The minimum Gasteiger partial charge on any atom is -0.496 e. The first kappa shape index (κ1) is 18.7. The molecule has 0 spiro atoms. The summed E-state index contributed by atoms with van der Waals surface area (Å²) in [4.78, 5) is 16.6. The molecule has 7 nitrogen and oxygen atoms in total. The van der Waals surface area contributed by atoms with Gasteiger partial charge in [0.25, 0.3) is 5.89 Å². The van der Waals surface area contributed by atoms with Crippen LogP contribution in [-0.2, 0) is 22.6 Å². The molecule has 0 fully saturated rings. The van der Waals surface area contributed by atoms with Crippen LogP contribution in [0.1, 0.15) is 22.6 Å². The third-order valence-corrected chi connectivity index (χ3v) is 4.78. The van der Waals surface area contributed by atoms with Crippen LogP contribution in [0.15, 0.2) is 51.6 Å². The van der Waals surface area contributed by atoms with Crippen LogP contribution in [0.4, 0.5) is 0 Å². The van der Waals surface area contributed by atoms with Gasteiger partial charge in [-0.25, -0.2) is 0 Å². The van der Waals surface area contributed by atoms with E-state index < -0.39 is 5.97 Å². The lowest BCUT2D eigenvalue weighted by Crippen LogP contribution is -2.08. The number of ether oxygens (including phenoxy) is 2. The highest BCUT2D eigenvalue weighted by molar-refractivity contribution is 5.86. The lowest BCUT2D eigenvalue weighted by molar-refractivity contribution is -0.144. The Morgan fingerprint density at radius 2 is 1.93 bits per heavy atom. The summed E-state index contributed by atoms with van der Waals surface area (Å²) in [6.07, 6.45) is 1.69. The molecule has 0 amide bonds. The minimum absolute atomic E-state index is 0.100. The number of rotatable bonds is 6. The fraction of sp³-hybridized carbons (Fsp3) is 0.227. The number of benzene rings is 2. The van der Waals surface area contributed by atoms with Crippen molar-refractivity contribution >= 4 is 16.9 Å². The van der Waals surface area contributed by atoms with Crippen LogP contribution in [-0.4, -0.2) is 23.2 Å². The van der Waals surface area contributed by atoms with Gasteiger partial charge in [0, 0.05) is 10.9 Å². The van der Waals surface area contributed by atoms with Gasteiger partial charge in [0.05, 0.1) is 25.4 Å². The van der Waals surface area contributed by atoms with Crippen molar-refractivity contribution in [3.05, 3.63) is 65.2 Å². The molecular weight excluding hydrogens is 372 g/mol. The van der Waals surface area contributed by atoms with Crippen molar-refractivity contribution in [3.8, 4) is 17.1 Å². The Balaban J connectivity index is 1.42. The van der Waals surface area contributed by atoms with Gasteiger partial charge in [-0.15, -0.1) is 0 Å². The molecule has 0 aliphatic rings. The zero-order chi connectivity index (χ0) is 20.4. The molecule has 2 aromatic carbocycles. The number of fused-ring (bicyclic) bond motifs is 1. The molecule has 29 heavy (non-hydrogen) atoms. The molecule has 0 bridgehead atoms. The molecule has 2 aromatic heterocycles. The van der Waals surface area contributed by atoms with Crippen molar-refractivity contribution < 1.29 is 23.2 Å². The lowest BCUT2D eigenvalue weighted by atomic mass is 10.0. The molecule has 0 saturated heterocycles. The zero-order valence-electron chi connectivity index (χ0n) is 16.4. The van der Waals surface area contributed by atoms with Gasteiger partial charge in [-0.2, -0.15) is 4.98 Å². The van der Waals surface area contributed by atoms with E-state index in [2.05, 4.69) is 10.1 Å². The number of carbonyl (C=O) groups excluding carboxylic acids is 1. The second kappa shape index (κ2) is 7.79. The number of hydrogen-bond acceptors (Lipinski definition) is 7. The second-order valence-corrected chi connectivity index (χ2v) is 6.74. The van der Waals surface area contributed by atoms with E-state index in [4.69, 9.17) is 18.4 Å². The maximum atomic E-state index is 12.3. The van der Waals surface area contributed by atoms with Crippen molar-refractivity contribution in [2.24, 2.45) is 0 Å². The average molecular weight is 392 g/mol. The number of furan rings is 1. The summed E-state index contributed by atoms with van der Waals surface area (Å²) < 4.78 is 21.4. The van der Waals surface area contributed by atoms with Gasteiger partial charge in [-0.1, -0.05) is 17.3 Å². The van der Waals surface area contributed by atoms with Crippen molar-refractivity contribution in [3.63, 3.8) is 0 Å². The predicted molar refractivity (Wildman–Crippen MR) is 105 cm³/mol. The first-order valence-electron chi connectivity index (χ1n) is 9.14. The highest BCUT2D eigenvalue weighted by Crippen LogP contribution is 2.27. The highest BCUT2D eigenvalue weighted by Gasteiger charge is 2.16. The predicted octanol–water partition coefficient (Wildman–Crippen LogP) is 4.39. The third-order valence-electron chi connectivity index (χ3n) is 4.78. The molecule has 0 aliphatic carbocycles. The summed E-state index contributed by atoms with van der Waals surface area (Å²) in [7, 11) is 1.57. The molecule has 4 aromatic rings. The molecule has 7 heteroatoms. The fourth-order valence-electron chi connectivity index (χ4n) is 3.07. The lowest BCUT2D eigenvalue weighted by Gasteiger charge is -2.03. The van der Waals surface area contributed by atoms with E-state index in [1.54, 1.807) is 13.4 Å². The average Bonchev–Trinajstić information content (AvgIpc) is 3.34. The van der Waals surface area contributed by atoms with Crippen LogP contribution in [0.25, 0.3) is 22.4 Å². The summed E-state index contributed by atoms with van der Waals surface area (Å²) in [5.74, 6) is 0.820. The summed E-state index contributed by atoms with van der Waals surface area (Å²) in [6.45, 7) is 3.95. The minimum atomic E-state index is -0.400. The number of para-hydroxylation sites is 1. The van der Waals surface area contributed by atoms with Crippen molar-refractivity contribution in [2.45, 2.75) is 26.9 Å². The molecule has 4 rings (SSSR count). The van der Waals surface area contributed by atoms with E-state index in [1.807, 2.05) is 50.2 Å². The van der Waals surface area contributed by atoms with Gasteiger partial charge in [-0.05, 0) is 49.2 Å². The summed E-state index contributed by atoms with van der Waals surface area (Å²) in [5, 5.41) is 4.85. The number of esters is 1. The molecule has 0 N–H and O–H groups in total. The van der Waals surface area contributed by atoms with Crippen molar-refractivity contribution in [2.75, 3.05) is 7.11 Å². The van der Waals surface area contributed by atoms with Crippen LogP contribution in [0.3, 0.4) is 0 Å². The maximum absolute atomic E-state index is 12.3. The molecular formula is C22H20N2O5. The molecule has 0 atom stereocenters. The Morgan fingerprint density at radius 3 is 2.76 bits per heavy atom. The number of hydrogen-bond donors (Lipinski definition) is 0. The van der Waals surface area contributed by atoms with Crippen LogP contribution >= 0.6 is 0 Å². The number of nitrogens with zero attached hydrogens (tertiary/aromatic N) is 2. The molecule has 0 radical (unpaired) electrons. The van der Waals surface area contributed by atoms with Gasteiger partial charge in [-0.3, -0.25) is 4.79 Å². The van der Waals surface area contributed by atoms with Gasteiger partial charge in [0.2, 0.25) is 5.82 Å². The second-order valence-electron chi connectivity index (χ2n) is 6.74. The van der Waals surface area contributed by atoms with Crippen molar-refractivity contribution in [1.82, 2.24) is 10.1 Å². The number of aromatic nitrogens is 2. The number of methoxy groups -OCH3 is 1. The largest absolute Gasteiger partial charge is 0.496 e. The van der Waals surface area contributed by atoms with E-state index in [0.717, 1.165) is 27.7 Å². The SMILES string of the molecule is COc1ccccc1-c1noc(COC(=O)Cc2coc3cc(C)c(C)cc23)n1. The molecule has 2 heterocycles. The van der Waals surface area contributed by atoms with E-state index in [-0.39, 0.29) is 18.9 Å². The zero-order valence-corrected chi connectivity index (χ0v) is 16.4. The van der Waals surface area contributed by atoms with E-state index in [1.165, 1.54) is 0 Å². The van der Waals surface area contributed by atoms with E-state index in [9.17, 15) is 4.79 Å². The Labute approximate surface area is 167 Å². The Morgan fingerprint density at radius 1 is 1.14 bits per heavy atom. The van der Waals surface area contributed by atoms with Crippen LogP contribution in [0.5, 0.6) is 5.75 Å². The smallest absolute Gasteiger partial charge is 0.310 e. The van der Waals surface area contributed by atoms with Crippen LogP contribution in [0, 0.1) is 13.8 Å². The van der Waals surface area contributed by atoms with Gasteiger partial charge >= 0.3 is 5.97 Å². The highest BCUT2D eigenvalue weighted by atomic mass is 16.6. The molecule has 0 saturated carbocycles. The number of aryl methyl sites for hydroxylation is 2. The molecule has 148 valence electrons. The maximum Gasteiger partial charge on any atom is 0.310 e. The van der Waals surface area contributed by atoms with E-state index in [0.29, 0.717) is 17.1 Å². The van der Waals surface area contributed by atoms with Crippen LogP contribution in [0.2, 0.25) is 0 Å². The Kier molecular flexibility index (Phi) is 5.03. The van der Waals surface area contributed by atoms with Crippen molar-refractivity contribution in [1.29, 1.82) is 0 Å². The van der Waals surface area contributed by atoms with Gasteiger partial charge in [0.15, 0.2) is 6.61 Å². The fourth-order valence-corrected chi connectivity index (χ4v) is 3.07. The molecule has 0 aliphatic heterocycles. The summed E-state index contributed by atoms with van der Waals surface area (Å²) in [5.41, 5.74) is 4.53. The normalized spacial score (nSPS) is 11.0. The number of carbonyl (C=O) groups is 1. The molecule has 0 unspecified atom stereocenters. The Hall–Kier alpha value is -3.61. The van der Waals surface area contributed by atoms with Crippen LogP contribution < -0.4 is 4.74 Å². The topological polar surface area (TPSA) is 87.6 Å². The van der Waals surface area contributed by atoms with Gasteiger partial charge in [0.1, 0.15) is 11.3 Å². The van der Waals surface area contributed by atoms with Gasteiger partial charge < -0.3 is 18.4 Å². The van der Waals surface area contributed by atoms with E-state index >= 15 is 0 Å².